The lowest BCUT2D eigenvalue weighted by molar-refractivity contribution is 0.244. The fraction of sp³-hybridized carbons (Fsp3) is 0.500. The highest BCUT2D eigenvalue weighted by molar-refractivity contribution is 9.10. The second kappa shape index (κ2) is 5.47. The second-order valence-corrected chi connectivity index (χ2v) is 7.55. The first-order valence-electron chi connectivity index (χ1n) is 6.02. The second-order valence-electron chi connectivity index (χ2n) is 4.81. The first-order valence-corrected chi connectivity index (χ1v) is 8.26. The minimum Gasteiger partial charge on any atom is -0.311 e. The number of benzene rings is 1. The summed E-state index contributed by atoms with van der Waals surface area (Å²) in [6.07, 6.45) is 0. The van der Waals surface area contributed by atoms with Crippen LogP contribution in [-0.4, -0.2) is 37.9 Å². The van der Waals surface area contributed by atoms with Crippen LogP contribution in [0.4, 0.5) is 4.39 Å². The summed E-state index contributed by atoms with van der Waals surface area (Å²) < 4.78 is 40.2. The topological polar surface area (TPSA) is 49.4 Å². The summed E-state index contributed by atoms with van der Waals surface area (Å²) in [5.41, 5.74) is 0. The predicted octanol–water partition coefficient (Wildman–Crippen LogP) is 1.96. The lowest BCUT2D eigenvalue weighted by atomic mass is 10.2. The van der Waals surface area contributed by atoms with Crippen LogP contribution in [0.2, 0.25) is 0 Å². The van der Waals surface area contributed by atoms with E-state index in [0.717, 1.165) is 6.07 Å². The van der Waals surface area contributed by atoms with Crippen LogP contribution in [0.5, 0.6) is 0 Å². The van der Waals surface area contributed by atoms with Crippen molar-refractivity contribution in [1.29, 1.82) is 0 Å². The molecule has 4 nitrogen and oxygen atoms in total. The van der Waals surface area contributed by atoms with Gasteiger partial charge in [0.15, 0.2) is 0 Å². The van der Waals surface area contributed by atoms with Gasteiger partial charge in [-0.3, -0.25) is 0 Å². The van der Waals surface area contributed by atoms with Crippen molar-refractivity contribution >= 4 is 26.0 Å². The first kappa shape index (κ1) is 14.9. The Morgan fingerprint density at radius 2 is 2.11 bits per heavy atom. The van der Waals surface area contributed by atoms with E-state index < -0.39 is 15.8 Å². The Hall–Kier alpha value is -0.500. The van der Waals surface area contributed by atoms with Crippen LogP contribution >= 0.6 is 15.9 Å². The van der Waals surface area contributed by atoms with Gasteiger partial charge in [-0.25, -0.2) is 12.8 Å². The average Bonchev–Trinajstić information content (AvgIpc) is 2.35. The average molecular weight is 351 g/mol. The number of nitrogens with one attached hydrogen (secondary N) is 1. The molecule has 2 unspecified atom stereocenters. The van der Waals surface area contributed by atoms with E-state index in [2.05, 4.69) is 21.2 Å². The molecule has 2 atom stereocenters. The van der Waals surface area contributed by atoms with Crippen molar-refractivity contribution in [3.05, 3.63) is 28.5 Å². The number of rotatable bonds is 2. The lowest BCUT2D eigenvalue weighted by Crippen LogP contribution is -2.56. The van der Waals surface area contributed by atoms with Crippen molar-refractivity contribution in [3.63, 3.8) is 0 Å². The number of halogens is 2. The Kier molecular flexibility index (Phi) is 4.29. The Morgan fingerprint density at radius 1 is 1.42 bits per heavy atom. The summed E-state index contributed by atoms with van der Waals surface area (Å²) >= 11 is 3.02. The molecule has 1 aliphatic rings. The standard InChI is InChI=1S/C12H16BrFN2O2S/c1-8-7-16(9(2)6-15-8)19(17,18)10-3-4-11(13)12(14)5-10/h3-5,8-9,15H,6-7H2,1-2H3. The van der Waals surface area contributed by atoms with Gasteiger partial charge in [-0.05, 0) is 48.0 Å². The van der Waals surface area contributed by atoms with Crippen molar-refractivity contribution in [1.82, 2.24) is 9.62 Å². The molecule has 1 aromatic carbocycles. The van der Waals surface area contributed by atoms with Gasteiger partial charge in [0.05, 0.1) is 9.37 Å². The predicted molar refractivity (Wildman–Crippen MR) is 74.9 cm³/mol. The van der Waals surface area contributed by atoms with E-state index in [9.17, 15) is 12.8 Å². The number of hydrogen-bond donors (Lipinski definition) is 1. The van der Waals surface area contributed by atoms with Crippen LogP contribution in [0, 0.1) is 5.82 Å². The number of hydrogen-bond acceptors (Lipinski definition) is 3. The highest BCUT2D eigenvalue weighted by Crippen LogP contribution is 2.24. The Balaban J connectivity index is 2.38. The minimum absolute atomic E-state index is 0.00542. The minimum atomic E-state index is -3.65. The molecule has 1 N–H and O–H groups in total. The molecule has 1 heterocycles. The number of piperazine rings is 1. The quantitative estimate of drug-likeness (QED) is 0.886. The van der Waals surface area contributed by atoms with Gasteiger partial charge in [0.1, 0.15) is 5.82 Å². The molecule has 0 saturated carbocycles. The van der Waals surface area contributed by atoms with E-state index in [-0.39, 0.29) is 21.5 Å². The van der Waals surface area contributed by atoms with Crippen LogP contribution < -0.4 is 5.32 Å². The first-order chi connectivity index (χ1) is 8.82. The highest BCUT2D eigenvalue weighted by Gasteiger charge is 2.33. The third-order valence-electron chi connectivity index (χ3n) is 3.20. The third-order valence-corrected chi connectivity index (χ3v) is 5.82. The summed E-state index contributed by atoms with van der Waals surface area (Å²) in [5.74, 6) is -0.572. The van der Waals surface area contributed by atoms with Crippen molar-refractivity contribution in [2.24, 2.45) is 0 Å². The zero-order valence-corrected chi connectivity index (χ0v) is 13.1. The third kappa shape index (κ3) is 2.99. The van der Waals surface area contributed by atoms with Crippen LogP contribution in [-0.2, 0) is 10.0 Å². The summed E-state index contributed by atoms with van der Waals surface area (Å²) in [6, 6.07) is 3.83. The van der Waals surface area contributed by atoms with E-state index in [0.29, 0.717) is 13.1 Å². The van der Waals surface area contributed by atoms with Crippen molar-refractivity contribution < 1.29 is 12.8 Å². The van der Waals surface area contributed by atoms with E-state index in [1.165, 1.54) is 16.4 Å². The molecule has 2 rings (SSSR count). The molecule has 0 aliphatic carbocycles. The zero-order chi connectivity index (χ0) is 14.2. The molecule has 1 aromatic rings. The molecule has 0 spiro atoms. The van der Waals surface area contributed by atoms with Gasteiger partial charge in [-0.2, -0.15) is 4.31 Å². The Morgan fingerprint density at radius 3 is 2.74 bits per heavy atom. The molecule has 19 heavy (non-hydrogen) atoms. The number of sulfonamides is 1. The highest BCUT2D eigenvalue weighted by atomic mass is 79.9. The van der Waals surface area contributed by atoms with Gasteiger partial charge >= 0.3 is 0 Å². The van der Waals surface area contributed by atoms with Crippen LogP contribution in [0.1, 0.15) is 13.8 Å². The van der Waals surface area contributed by atoms with Gasteiger partial charge in [-0.1, -0.05) is 0 Å². The van der Waals surface area contributed by atoms with Gasteiger partial charge < -0.3 is 5.32 Å². The molecule has 0 radical (unpaired) electrons. The molecule has 1 aliphatic heterocycles. The van der Waals surface area contributed by atoms with Gasteiger partial charge in [0.25, 0.3) is 0 Å². The maximum absolute atomic E-state index is 13.5. The lowest BCUT2D eigenvalue weighted by Gasteiger charge is -2.36. The fourth-order valence-corrected chi connectivity index (χ4v) is 4.07. The molecule has 1 fully saturated rings. The zero-order valence-electron chi connectivity index (χ0n) is 10.7. The smallest absolute Gasteiger partial charge is 0.243 e. The molecule has 1 saturated heterocycles. The van der Waals surface area contributed by atoms with E-state index in [4.69, 9.17) is 0 Å². The SMILES string of the molecule is CC1CN(S(=O)(=O)c2ccc(Br)c(F)c2)C(C)CN1. The Labute approximate surface area is 121 Å². The largest absolute Gasteiger partial charge is 0.311 e. The monoisotopic (exact) mass is 350 g/mol. The maximum Gasteiger partial charge on any atom is 0.243 e. The van der Waals surface area contributed by atoms with E-state index >= 15 is 0 Å². The van der Waals surface area contributed by atoms with E-state index in [1.807, 2.05) is 13.8 Å². The summed E-state index contributed by atoms with van der Waals surface area (Å²) in [5, 5.41) is 3.22. The van der Waals surface area contributed by atoms with Crippen molar-refractivity contribution in [2.75, 3.05) is 13.1 Å². The molecule has 106 valence electrons. The molecule has 7 heteroatoms. The van der Waals surface area contributed by atoms with Crippen molar-refractivity contribution in [2.45, 2.75) is 30.8 Å². The Bertz CT molecular complexity index is 579. The van der Waals surface area contributed by atoms with Gasteiger partial charge in [0.2, 0.25) is 10.0 Å². The van der Waals surface area contributed by atoms with Gasteiger partial charge in [-0.15, -0.1) is 0 Å². The van der Waals surface area contributed by atoms with E-state index in [1.54, 1.807) is 0 Å². The van der Waals surface area contributed by atoms with Crippen molar-refractivity contribution in [3.8, 4) is 0 Å². The number of nitrogens with zero attached hydrogens (tertiary/aromatic N) is 1. The molecule has 0 aromatic heterocycles. The molecular weight excluding hydrogens is 335 g/mol. The molecule has 0 amide bonds. The normalized spacial score (nSPS) is 25.5. The van der Waals surface area contributed by atoms with Crippen LogP contribution in [0.25, 0.3) is 0 Å². The summed E-state index contributed by atoms with van der Waals surface area (Å²) in [6.45, 7) is 4.75. The van der Waals surface area contributed by atoms with Crippen LogP contribution in [0.3, 0.4) is 0 Å². The van der Waals surface area contributed by atoms with Crippen LogP contribution in [0.15, 0.2) is 27.6 Å². The molecular formula is C12H16BrFN2O2S. The summed E-state index contributed by atoms with van der Waals surface area (Å²) in [4.78, 5) is -0.00542. The summed E-state index contributed by atoms with van der Waals surface area (Å²) in [7, 11) is -3.65. The van der Waals surface area contributed by atoms with Gasteiger partial charge in [0, 0.05) is 25.2 Å². The fourth-order valence-electron chi connectivity index (χ4n) is 2.10. The molecule has 0 bridgehead atoms. The maximum atomic E-state index is 13.5.